The van der Waals surface area contributed by atoms with Gasteiger partial charge in [-0.1, -0.05) is 30.3 Å². The Balaban J connectivity index is 1.73. The molecule has 0 bridgehead atoms. The van der Waals surface area contributed by atoms with Crippen molar-refractivity contribution in [3.63, 3.8) is 0 Å². The molecule has 1 unspecified atom stereocenters. The van der Waals surface area contributed by atoms with Crippen LogP contribution in [0.25, 0.3) is 0 Å². The highest BCUT2D eigenvalue weighted by molar-refractivity contribution is 7.91. The highest BCUT2D eigenvalue weighted by Gasteiger charge is 2.33. The van der Waals surface area contributed by atoms with E-state index in [-0.39, 0.29) is 35.8 Å². The van der Waals surface area contributed by atoms with Crippen molar-refractivity contribution in [2.24, 2.45) is 0 Å². The standard InChI is InChI=1S/C16H22N2O4S/c1-18(14-8-10-23(21,22)12-14)16(20)11-15(19)17-9-7-13-5-3-2-4-6-13/h2-6,14H,7-12H2,1H3,(H,17,19). The molecule has 1 saturated heterocycles. The maximum absolute atomic E-state index is 12.1. The molecule has 0 saturated carbocycles. The molecule has 1 aromatic rings. The minimum atomic E-state index is -3.04. The van der Waals surface area contributed by atoms with Gasteiger partial charge in [-0.2, -0.15) is 0 Å². The van der Waals surface area contributed by atoms with Crippen molar-refractivity contribution in [1.82, 2.24) is 10.2 Å². The number of amides is 2. The highest BCUT2D eigenvalue weighted by atomic mass is 32.2. The number of carbonyl (C=O) groups is 2. The fraction of sp³-hybridized carbons (Fsp3) is 0.500. The van der Waals surface area contributed by atoms with Gasteiger partial charge in [0.2, 0.25) is 11.8 Å². The van der Waals surface area contributed by atoms with Crippen molar-refractivity contribution in [2.75, 3.05) is 25.1 Å². The molecular formula is C16H22N2O4S. The second kappa shape index (κ2) is 7.59. The van der Waals surface area contributed by atoms with Crippen molar-refractivity contribution < 1.29 is 18.0 Å². The Labute approximate surface area is 136 Å². The molecule has 2 rings (SSSR count). The molecule has 2 amide bonds. The Morgan fingerprint density at radius 2 is 1.96 bits per heavy atom. The van der Waals surface area contributed by atoms with E-state index in [2.05, 4.69) is 5.32 Å². The number of hydrogen-bond donors (Lipinski definition) is 1. The lowest BCUT2D eigenvalue weighted by Gasteiger charge is -2.23. The molecule has 1 aromatic carbocycles. The van der Waals surface area contributed by atoms with Crippen LogP contribution < -0.4 is 5.32 Å². The van der Waals surface area contributed by atoms with Gasteiger partial charge in [0.15, 0.2) is 9.84 Å². The molecule has 1 fully saturated rings. The van der Waals surface area contributed by atoms with E-state index in [1.807, 2.05) is 30.3 Å². The van der Waals surface area contributed by atoms with E-state index in [1.165, 1.54) is 4.90 Å². The van der Waals surface area contributed by atoms with Gasteiger partial charge in [-0.25, -0.2) is 8.42 Å². The monoisotopic (exact) mass is 338 g/mol. The molecule has 1 atom stereocenters. The van der Waals surface area contributed by atoms with Crippen LogP contribution in [0.2, 0.25) is 0 Å². The van der Waals surface area contributed by atoms with Gasteiger partial charge < -0.3 is 10.2 Å². The molecule has 1 aliphatic heterocycles. The first kappa shape index (κ1) is 17.5. The van der Waals surface area contributed by atoms with Gasteiger partial charge in [0.1, 0.15) is 6.42 Å². The number of nitrogens with zero attached hydrogens (tertiary/aromatic N) is 1. The van der Waals surface area contributed by atoms with E-state index < -0.39 is 9.84 Å². The molecule has 1 aliphatic rings. The van der Waals surface area contributed by atoms with Crippen molar-refractivity contribution in [1.29, 1.82) is 0 Å². The van der Waals surface area contributed by atoms with Gasteiger partial charge in [0.25, 0.3) is 0 Å². The summed E-state index contributed by atoms with van der Waals surface area (Å²) in [7, 11) is -1.48. The smallest absolute Gasteiger partial charge is 0.232 e. The summed E-state index contributed by atoms with van der Waals surface area (Å²) >= 11 is 0. The SMILES string of the molecule is CN(C(=O)CC(=O)NCCc1ccccc1)C1CCS(=O)(=O)C1. The molecule has 6 nitrogen and oxygen atoms in total. The summed E-state index contributed by atoms with van der Waals surface area (Å²) in [6, 6.07) is 9.44. The zero-order chi connectivity index (χ0) is 16.9. The fourth-order valence-corrected chi connectivity index (χ4v) is 4.37. The van der Waals surface area contributed by atoms with E-state index >= 15 is 0 Å². The topological polar surface area (TPSA) is 83.6 Å². The Bertz CT molecular complexity index is 658. The summed E-state index contributed by atoms with van der Waals surface area (Å²) in [5.74, 6) is -0.577. The second-order valence-electron chi connectivity index (χ2n) is 5.82. The van der Waals surface area contributed by atoms with Crippen LogP contribution in [0.3, 0.4) is 0 Å². The molecular weight excluding hydrogens is 316 g/mol. The van der Waals surface area contributed by atoms with E-state index in [1.54, 1.807) is 7.05 Å². The van der Waals surface area contributed by atoms with Crippen molar-refractivity contribution in [2.45, 2.75) is 25.3 Å². The quantitative estimate of drug-likeness (QED) is 0.760. The predicted octanol–water partition coefficient (Wildman–Crippen LogP) is 0.381. The van der Waals surface area contributed by atoms with E-state index in [0.29, 0.717) is 19.4 Å². The van der Waals surface area contributed by atoms with Crippen LogP contribution in [-0.2, 0) is 25.8 Å². The summed E-state index contributed by atoms with van der Waals surface area (Å²) < 4.78 is 22.9. The maximum Gasteiger partial charge on any atom is 0.232 e. The molecule has 0 aliphatic carbocycles. The summed E-state index contributed by atoms with van der Waals surface area (Å²) in [5, 5.41) is 2.72. The van der Waals surface area contributed by atoms with Crippen molar-refractivity contribution >= 4 is 21.7 Å². The summed E-state index contributed by atoms with van der Waals surface area (Å²) in [6.07, 6.45) is 0.902. The average Bonchev–Trinajstić information content (AvgIpc) is 2.87. The van der Waals surface area contributed by atoms with Crippen LogP contribution in [0.15, 0.2) is 30.3 Å². The van der Waals surface area contributed by atoms with E-state index in [4.69, 9.17) is 0 Å². The average molecular weight is 338 g/mol. The lowest BCUT2D eigenvalue weighted by molar-refractivity contribution is -0.136. The first-order chi connectivity index (χ1) is 10.9. The molecule has 0 spiro atoms. The van der Waals surface area contributed by atoms with Crippen molar-refractivity contribution in [3.8, 4) is 0 Å². The normalized spacial score (nSPS) is 19.3. The third kappa shape index (κ3) is 5.35. The molecule has 126 valence electrons. The predicted molar refractivity (Wildman–Crippen MR) is 87.6 cm³/mol. The van der Waals surface area contributed by atoms with Crippen LogP contribution in [0.5, 0.6) is 0 Å². The molecule has 23 heavy (non-hydrogen) atoms. The lowest BCUT2D eigenvalue weighted by Crippen LogP contribution is -2.40. The van der Waals surface area contributed by atoms with Crippen LogP contribution in [0.1, 0.15) is 18.4 Å². The van der Waals surface area contributed by atoms with Gasteiger partial charge in [-0.05, 0) is 18.4 Å². The van der Waals surface area contributed by atoms with E-state index in [0.717, 1.165) is 5.56 Å². The highest BCUT2D eigenvalue weighted by Crippen LogP contribution is 2.17. The summed E-state index contributed by atoms with van der Waals surface area (Å²) in [5.41, 5.74) is 1.12. The first-order valence-electron chi connectivity index (χ1n) is 7.64. The Hall–Kier alpha value is -1.89. The van der Waals surface area contributed by atoms with Gasteiger partial charge in [0.05, 0.1) is 11.5 Å². The van der Waals surface area contributed by atoms with Crippen LogP contribution in [0, 0.1) is 0 Å². The summed E-state index contributed by atoms with van der Waals surface area (Å²) in [6.45, 7) is 0.470. The lowest BCUT2D eigenvalue weighted by atomic mass is 10.1. The zero-order valence-corrected chi connectivity index (χ0v) is 14.0. The Morgan fingerprint density at radius 1 is 1.26 bits per heavy atom. The maximum atomic E-state index is 12.1. The van der Waals surface area contributed by atoms with Crippen LogP contribution >= 0.6 is 0 Å². The van der Waals surface area contributed by atoms with E-state index in [9.17, 15) is 18.0 Å². The summed E-state index contributed by atoms with van der Waals surface area (Å²) in [4.78, 5) is 25.3. The third-order valence-corrected chi connectivity index (χ3v) is 5.79. The van der Waals surface area contributed by atoms with Crippen molar-refractivity contribution in [3.05, 3.63) is 35.9 Å². The van der Waals surface area contributed by atoms with Gasteiger partial charge in [-0.3, -0.25) is 9.59 Å². The first-order valence-corrected chi connectivity index (χ1v) is 9.46. The van der Waals surface area contributed by atoms with Gasteiger partial charge in [-0.15, -0.1) is 0 Å². The minimum absolute atomic E-state index is 0.00906. The molecule has 0 aromatic heterocycles. The zero-order valence-electron chi connectivity index (χ0n) is 13.2. The second-order valence-corrected chi connectivity index (χ2v) is 8.05. The fourth-order valence-electron chi connectivity index (χ4n) is 2.60. The number of rotatable bonds is 6. The minimum Gasteiger partial charge on any atom is -0.355 e. The molecule has 7 heteroatoms. The molecule has 1 N–H and O–H groups in total. The Morgan fingerprint density at radius 3 is 2.57 bits per heavy atom. The molecule has 0 radical (unpaired) electrons. The largest absolute Gasteiger partial charge is 0.355 e. The number of benzene rings is 1. The van der Waals surface area contributed by atoms with Crippen LogP contribution in [-0.4, -0.2) is 56.3 Å². The van der Waals surface area contributed by atoms with Gasteiger partial charge >= 0.3 is 0 Å². The van der Waals surface area contributed by atoms with Crippen LogP contribution in [0.4, 0.5) is 0 Å². The number of sulfone groups is 1. The van der Waals surface area contributed by atoms with Gasteiger partial charge in [0, 0.05) is 19.6 Å². The Kier molecular flexibility index (Phi) is 5.76. The number of hydrogen-bond acceptors (Lipinski definition) is 4. The molecule has 1 heterocycles. The number of nitrogens with one attached hydrogen (secondary N) is 1. The number of carbonyl (C=O) groups excluding carboxylic acids is 2. The third-order valence-electron chi connectivity index (χ3n) is 4.04.